The molecular formula is C13H13Cl2NO3. The SMILES string of the molecule is O=C(NC1(C(=O)O)CCCC1)c1ccc(Cl)cc1Cl. The molecule has 1 fully saturated rings. The minimum atomic E-state index is -1.17. The van der Waals surface area contributed by atoms with Crippen LogP contribution < -0.4 is 5.32 Å². The molecule has 6 heteroatoms. The predicted octanol–water partition coefficient (Wildman–Crippen LogP) is 3.12. The third-order valence-corrected chi connectivity index (χ3v) is 3.94. The van der Waals surface area contributed by atoms with Crippen molar-refractivity contribution in [2.45, 2.75) is 31.2 Å². The molecule has 19 heavy (non-hydrogen) atoms. The zero-order valence-electron chi connectivity index (χ0n) is 10.1. The first-order chi connectivity index (χ1) is 8.94. The first-order valence-corrected chi connectivity index (χ1v) is 6.71. The van der Waals surface area contributed by atoms with Gasteiger partial charge in [0.25, 0.3) is 5.91 Å². The Kier molecular flexibility index (Phi) is 4.02. The van der Waals surface area contributed by atoms with E-state index in [0.717, 1.165) is 12.8 Å². The lowest BCUT2D eigenvalue weighted by Gasteiger charge is -2.25. The van der Waals surface area contributed by atoms with E-state index in [0.29, 0.717) is 17.9 Å². The molecule has 0 unspecified atom stereocenters. The van der Waals surface area contributed by atoms with Gasteiger partial charge in [0.05, 0.1) is 10.6 Å². The summed E-state index contributed by atoms with van der Waals surface area (Å²) in [5, 5.41) is 12.5. The summed E-state index contributed by atoms with van der Waals surface area (Å²) < 4.78 is 0. The number of rotatable bonds is 3. The first-order valence-electron chi connectivity index (χ1n) is 5.95. The van der Waals surface area contributed by atoms with Gasteiger partial charge in [-0.1, -0.05) is 36.0 Å². The molecule has 1 amide bonds. The van der Waals surface area contributed by atoms with Crippen LogP contribution in [0.1, 0.15) is 36.0 Å². The number of aliphatic carboxylic acids is 1. The summed E-state index contributed by atoms with van der Waals surface area (Å²) in [6, 6.07) is 4.50. The standard InChI is InChI=1S/C13H13Cl2NO3/c14-8-3-4-9(10(15)7-8)11(17)16-13(12(18)19)5-1-2-6-13/h3-4,7H,1-2,5-6H2,(H,16,17)(H,18,19). The van der Waals surface area contributed by atoms with Crippen molar-refractivity contribution in [1.82, 2.24) is 5.32 Å². The maximum absolute atomic E-state index is 12.1. The van der Waals surface area contributed by atoms with E-state index in [2.05, 4.69) is 5.32 Å². The summed E-state index contributed by atoms with van der Waals surface area (Å²) in [5.41, 5.74) is -0.932. The van der Waals surface area contributed by atoms with Crippen molar-refractivity contribution in [3.63, 3.8) is 0 Å². The Labute approximate surface area is 120 Å². The number of nitrogens with one attached hydrogen (secondary N) is 1. The van der Waals surface area contributed by atoms with Gasteiger partial charge in [0.2, 0.25) is 0 Å². The smallest absolute Gasteiger partial charge is 0.329 e. The molecule has 4 nitrogen and oxygen atoms in total. The first kappa shape index (κ1) is 14.2. The Bertz CT molecular complexity index is 525. The van der Waals surface area contributed by atoms with Crippen LogP contribution in [0.3, 0.4) is 0 Å². The zero-order chi connectivity index (χ0) is 14.0. The molecule has 0 spiro atoms. The summed E-state index contributed by atoms with van der Waals surface area (Å²) >= 11 is 11.7. The largest absolute Gasteiger partial charge is 0.480 e. The molecule has 1 aromatic rings. The summed E-state index contributed by atoms with van der Waals surface area (Å²) in [5.74, 6) is -1.48. The Morgan fingerprint density at radius 3 is 2.37 bits per heavy atom. The Balaban J connectivity index is 2.22. The lowest BCUT2D eigenvalue weighted by molar-refractivity contribution is -0.144. The van der Waals surface area contributed by atoms with Gasteiger partial charge in [-0.15, -0.1) is 0 Å². The van der Waals surface area contributed by atoms with Gasteiger partial charge in [0, 0.05) is 5.02 Å². The van der Waals surface area contributed by atoms with Crippen LogP contribution in [0.25, 0.3) is 0 Å². The van der Waals surface area contributed by atoms with Gasteiger partial charge in [-0.2, -0.15) is 0 Å². The lowest BCUT2D eigenvalue weighted by Crippen LogP contribution is -2.52. The second-order valence-corrected chi connectivity index (χ2v) is 5.52. The van der Waals surface area contributed by atoms with Crippen molar-refractivity contribution >= 4 is 35.1 Å². The molecule has 0 radical (unpaired) electrons. The van der Waals surface area contributed by atoms with Crippen molar-refractivity contribution in [2.24, 2.45) is 0 Å². The third kappa shape index (κ3) is 2.85. The van der Waals surface area contributed by atoms with Crippen molar-refractivity contribution in [2.75, 3.05) is 0 Å². The quantitative estimate of drug-likeness (QED) is 0.901. The average Bonchev–Trinajstić information content (AvgIpc) is 2.78. The van der Waals surface area contributed by atoms with E-state index in [1.165, 1.54) is 12.1 Å². The lowest BCUT2D eigenvalue weighted by atomic mass is 9.97. The zero-order valence-corrected chi connectivity index (χ0v) is 11.6. The molecule has 1 aromatic carbocycles. The molecule has 1 aliphatic carbocycles. The summed E-state index contributed by atoms with van der Waals surface area (Å²) in [4.78, 5) is 23.5. The number of hydrogen-bond acceptors (Lipinski definition) is 2. The molecule has 0 aliphatic heterocycles. The maximum atomic E-state index is 12.1. The van der Waals surface area contributed by atoms with Gasteiger partial charge in [0.15, 0.2) is 0 Å². The van der Waals surface area contributed by atoms with E-state index in [1.807, 2.05) is 0 Å². The van der Waals surface area contributed by atoms with Gasteiger partial charge < -0.3 is 10.4 Å². The highest BCUT2D eigenvalue weighted by Crippen LogP contribution is 2.31. The summed E-state index contributed by atoms with van der Waals surface area (Å²) in [7, 11) is 0. The van der Waals surface area contributed by atoms with Crippen LogP contribution in [0.4, 0.5) is 0 Å². The average molecular weight is 302 g/mol. The van der Waals surface area contributed by atoms with Gasteiger partial charge >= 0.3 is 5.97 Å². The molecule has 1 saturated carbocycles. The van der Waals surface area contributed by atoms with Crippen LogP contribution in [0, 0.1) is 0 Å². The van der Waals surface area contributed by atoms with Gasteiger partial charge in [-0.05, 0) is 31.0 Å². The van der Waals surface area contributed by atoms with E-state index in [1.54, 1.807) is 6.07 Å². The highest BCUT2D eigenvalue weighted by molar-refractivity contribution is 6.36. The number of carboxylic acid groups (broad SMARTS) is 1. The molecule has 0 saturated heterocycles. The monoisotopic (exact) mass is 301 g/mol. The minimum Gasteiger partial charge on any atom is -0.480 e. The molecule has 0 bridgehead atoms. The Morgan fingerprint density at radius 2 is 1.84 bits per heavy atom. The fraction of sp³-hybridized carbons (Fsp3) is 0.385. The van der Waals surface area contributed by atoms with Gasteiger partial charge in [0.1, 0.15) is 5.54 Å². The second kappa shape index (κ2) is 5.39. The highest BCUT2D eigenvalue weighted by Gasteiger charge is 2.42. The molecule has 0 atom stereocenters. The van der Waals surface area contributed by atoms with Crippen molar-refractivity contribution in [3.05, 3.63) is 33.8 Å². The van der Waals surface area contributed by atoms with Crippen LogP contribution in [0.5, 0.6) is 0 Å². The maximum Gasteiger partial charge on any atom is 0.329 e. The number of benzene rings is 1. The minimum absolute atomic E-state index is 0.212. The molecular weight excluding hydrogens is 289 g/mol. The number of carboxylic acids is 1. The van der Waals surface area contributed by atoms with Crippen LogP contribution in [0.2, 0.25) is 10.0 Å². The Morgan fingerprint density at radius 1 is 1.21 bits per heavy atom. The van der Waals surface area contributed by atoms with E-state index in [9.17, 15) is 14.7 Å². The summed E-state index contributed by atoms with van der Waals surface area (Å²) in [6.45, 7) is 0. The molecule has 1 aliphatic rings. The number of halogens is 2. The van der Waals surface area contributed by atoms with Crippen LogP contribution in [-0.2, 0) is 4.79 Å². The van der Waals surface area contributed by atoms with Crippen molar-refractivity contribution in [1.29, 1.82) is 0 Å². The number of hydrogen-bond donors (Lipinski definition) is 2. The second-order valence-electron chi connectivity index (χ2n) is 4.67. The van der Waals surface area contributed by atoms with Crippen LogP contribution in [0.15, 0.2) is 18.2 Å². The fourth-order valence-corrected chi connectivity index (χ4v) is 2.82. The van der Waals surface area contributed by atoms with Gasteiger partial charge in [-0.25, -0.2) is 4.79 Å². The molecule has 2 rings (SSSR count). The summed E-state index contributed by atoms with van der Waals surface area (Å²) in [6.07, 6.45) is 2.47. The highest BCUT2D eigenvalue weighted by atomic mass is 35.5. The number of amides is 1. The topological polar surface area (TPSA) is 66.4 Å². The Hall–Kier alpha value is -1.26. The number of carbonyl (C=O) groups is 2. The van der Waals surface area contributed by atoms with E-state index < -0.39 is 17.4 Å². The number of carbonyl (C=O) groups excluding carboxylic acids is 1. The fourth-order valence-electron chi connectivity index (χ4n) is 2.33. The van der Waals surface area contributed by atoms with E-state index in [4.69, 9.17) is 23.2 Å². The van der Waals surface area contributed by atoms with E-state index in [-0.39, 0.29) is 10.6 Å². The third-order valence-electron chi connectivity index (χ3n) is 3.40. The molecule has 2 N–H and O–H groups in total. The van der Waals surface area contributed by atoms with Crippen molar-refractivity contribution in [3.8, 4) is 0 Å². The molecule has 0 heterocycles. The normalized spacial score (nSPS) is 17.2. The van der Waals surface area contributed by atoms with Gasteiger partial charge in [-0.3, -0.25) is 4.79 Å². The van der Waals surface area contributed by atoms with Crippen LogP contribution >= 0.6 is 23.2 Å². The van der Waals surface area contributed by atoms with E-state index >= 15 is 0 Å². The van der Waals surface area contributed by atoms with Crippen LogP contribution in [-0.4, -0.2) is 22.5 Å². The predicted molar refractivity (Wildman–Crippen MR) is 72.8 cm³/mol. The molecule has 0 aromatic heterocycles. The molecule has 102 valence electrons. The van der Waals surface area contributed by atoms with Crippen molar-refractivity contribution < 1.29 is 14.7 Å².